The lowest BCUT2D eigenvalue weighted by atomic mass is 10.0. The van der Waals surface area contributed by atoms with Gasteiger partial charge in [0.15, 0.2) is 10.8 Å². The van der Waals surface area contributed by atoms with E-state index in [9.17, 15) is 4.79 Å². The fraction of sp³-hybridized carbons (Fsp3) is 0.261. The zero-order chi connectivity index (χ0) is 21.1. The van der Waals surface area contributed by atoms with Crippen molar-refractivity contribution in [2.24, 2.45) is 0 Å². The van der Waals surface area contributed by atoms with Crippen LogP contribution in [0.4, 0.5) is 5.13 Å². The third-order valence-corrected chi connectivity index (χ3v) is 5.87. The average molecular weight is 421 g/mol. The average Bonchev–Trinajstić information content (AvgIpc) is 3.40. The number of thiazole rings is 1. The molecule has 0 aliphatic rings. The van der Waals surface area contributed by atoms with Gasteiger partial charge in [0.05, 0.1) is 11.5 Å². The lowest BCUT2D eigenvalue weighted by Gasteiger charge is -2.09. The van der Waals surface area contributed by atoms with Crippen LogP contribution in [-0.2, 0) is 4.74 Å². The van der Waals surface area contributed by atoms with Gasteiger partial charge in [0.2, 0.25) is 0 Å². The van der Waals surface area contributed by atoms with Crippen molar-refractivity contribution in [3.8, 4) is 21.6 Å². The predicted molar refractivity (Wildman–Crippen MR) is 121 cm³/mol. The first-order valence-corrected chi connectivity index (χ1v) is 10.9. The predicted octanol–water partition coefficient (Wildman–Crippen LogP) is 5.51. The molecule has 7 heteroatoms. The van der Waals surface area contributed by atoms with E-state index in [4.69, 9.17) is 4.74 Å². The first kappa shape index (κ1) is 20.1. The van der Waals surface area contributed by atoms with Crippen molar-refractivity contribution in [3.63, 3.8) is 0 Å². The summed E-state index contributed by atoms with van der Waals surface area (Å²) in [4.78, 5) is 22.4. The highest BCUT2D eigenvalue weighted by Crippen LogP contribution is 2.34. The van der Waals surface area contributed by atoms with Gasteiger partial charge in [-0.2, -0.15) is 0 Å². The second kappa shape index (κ2) is 8.67. The number of nitrogens with zero attached hydrogens (tertiary/aromatic N) is 3. The molecular weight excluding hydrogens is 396 g/mol. The number of carbonyl (C=O) groups is 1. The Balaban J connectivity index is 1.82. The lowest BCUT2D eigenvalue weighted by Crippen LogP contribution is -2.12. The topological polar surface area (TPSA) is 68.5 Å². The van der Waals surface area contributed by atoms with Gasteiger partial charge in [-0.25, -0.2) is 14.8 Å². The zero-order valence-electron chi connectivity index (χ0n) is 17.3. The molecule has 3 aromatic heterocycles. The molecule has 3 heterocycles. The molecule has 1 unspecified atom stereocenters. The number of imidazole rings is 1. The summed E-state index contributed by atoms with van der Waals surface area (Å²) >= 11 is 1.62. The van der Waals surface area contributed by atoms with Crippen LogP contribution in [0, 0.1) is 0 Å². The molecule has 1 atom stereocenters. The van der Waals surface area contributed by atoms with Gasteiger partial charge in [0.25, 0.3) is 0 Å². The molecule has 0 radical (unpaired) electrons. The number of esters is 1. The van der Waals surface area contributed by atoms with E-state index in [-0.39, 0.29) is 0 Å². The number of carbonyl (C=O) groups excluding carboxylic acids is 1. The molecule has 0 fully saturated rings. The van der Waals surface area contributed by atoms with E-state index in [0.717, 1.165) is 38.8 Å². The highest BCUT2D eigenvalue weighted by molar-refractivity contribution is 7.18. The maximum atomic E-state index is 12.2. The molecule has 0 aliphatic heterocycles. The smallest absolute Gasteiger partial charge is 0.358 e. The van der Waals surface area contributed by atoms with Gasteiger partial charge in [0.1, 0.15) is 5.65 Å². The third kappa shape index (κ3) is 4.07. The largest absolute Gasteiger partial charge is 0.461 e. The van der Waals surface area contributed by atoms with Crippen molar-refractivity contribution >= 4 is 28.1 Å². The van der Waals surface area contributed by atoms with Crippen LogP contribution < -0.4 is 5.32 Å². The summed E-state index contributed by atoms with van der Waals surface area (Å²) in [5, 5.41) is 4.33. The number of nitrogens with one attached hydrogen (secondary N) is 1. The number of aromatic nitrogens is 3. The van der Waals surface area contributed by atoms with Gasteiger partial charge < -0.3 is 14.5 Å². The normalized spacial score (nSPS) is 12.1. The van der Waals surface area contributed by atoms with Crippen LogP contribution in [0.15, 0.2) is 55.0 Å². The second-order valence-corrected chi connectivity index (χ2v) is 8.10. The van der Waals surface area contributed by atoms with Crippen molar-refractivity contribution in [3.05, 3.63) is 60.7 Å². The molecule has 4 rings (SSSR count). The Labute approximate surface area is 179 Å². The van der Waals surface area contributed by atoms with Crippen molar-refractivity contribution in [2.75, 3.05) is 11.9 Å². The van der Waals surface area contributed by atoms with E-state index in [1.807, 2.05) is 47.1 Å². The highest BCUT2D eigenvalue weighted by Gasteiger charge is 2.17. The van der Waals surface area contributed by atoms with Crippen LogP contribution in [0.3, 0.4) is 0 Å². The molecule has 0 saturated carbocycles. The fourth-order valence-corrected chi connectivity index (χ4v) is 4.06. The molecule has 1 N–H and O–H groups in total. The Hall–Kier alpha value is -3.19. The molecule has 0 spiro atoms. The molecule has 30 heavy (non-hydrogen) atoms. The minimum Gasteiger partial charge on any atom is -0.461 e. The van der Waals surface area contributed by atoms with E-state index < -0.39 is 5.97 Å². The first-order valence-electron chi connectivity index (χ1n) is 10.1. The maximum absolute atomic E-state index is 12.2. The van der Waals surface area contributed by atoms with Gasteiger partial charge in [-0.05, 0) is 31.9 Å². The quantitative estimate of drug-likeness (QED) is 0.399. The SMILES string of the molecule is CCOC(=O)c1cn2cc(-c3cnc(NC(C)CC)s3)cc(-c3ccccc3)c2n1. The molecular formula is C23H24N4O2S. The minimum absolute atomic E-state index is 0.301. The van der Waals surface area contributed by atoms with E-state index in [1.54, 1.807) is 24.5 Å². The van der Waals surface area contributed by atoms with Crippen LogP contribution in [0.2, 0.25) is 0 Å². The minimum atomic E-state index is -0.417. The Kier molecular flexibility index (Phi) is 5.81. The van der Waals surface area contributed by atoms with Crippen LogP contribution in [0.25, 0.3) is 27.2 Å². The second-order valence-electron chi connectivity index (χ2n) is 7.07. The highest BCUT2D eigenvalue weighted by atomic mass is 32.1. The Bertz CT molecular complexity index is 1170. The molecule has 1 aromatic carbocycles. The summed E-state index contributed by atoms with van der Waals surface area (Å²) in [5.74, 6) is -0.417. The third-order valence-electron chi connectivity index (χ3n) is 4.89. The summed E-state index contributed by atoms with van der Waals surface area (Å²) < 4.78 is 7.03. The van der Waals surface area contributed by atoms with Crippen molar-refractivity contribution < 1.29 is 9.53 Å². The summed E-state index contributed by atoms with van der Waals surface area (Å²) in [6.07, 6.45) is 6.62. The number of rotatable bonds is 7. The summed E-state index contributed by atoms with van der Waals surface area (Å²) in [7, 11) is 0. The molecule has 0 amide bonds. The zero-order valence-corrected chi connectivity index (χ0v) is 18.1. The van der Waals surface area contributed by atoms with E-state index in [0.29, 0.717) is 18.3 Å². The van der Waals surface area contributed by atoms with Gasteiger partial charge in [0, 0.05) is 35.8 Å². The number of hydrogen-bond donors (Lipinski definition) is 1. The fourth-order valence-electron chi connectivity index (χ4n) is 3.15. The van der Waals surface area contributed by atoms with Crippen LogP contribution in [0.1, 0.15) is 37.7 Å². The van der Waals surface area contributed by atoms with Crippen LogP contribution in [-0.4, -0.2) is 33.0 Å². The first-order chi connectivity index (χ1) is 14.6. The van der Waals surface area contributed by atoms with Crippen molar-refractivity contribution in [1.82, 2.24) is 14.4 Å². The number of fused-ring (bicyclic) bond motifs is 1. The maximum Gasteiger partial charge on any atom is 0.358 e. The summed E-state index contributed by atoms with van der Waals surface area (Å²) in [6.45, 7) is 6.39. The van der Waals surface area contributed by atoms with E-state index in [2.05, 4.69) is 35.2 Å². The van der Waals surface area contributed by atoms with Crippen molar-refractivity contribution in [2.45, 2.75) is 33.2 Å². The van der Waals surface area contributed by atoms with E-state index >= 15 is 0 Å². The molecule has 0 aliphatic carbocycles. The number of ether oxygens (including phenoxy) is 1. The Morgan fingerprint density at radius 2 is 2.00 bits per heavy atom. The molecule has 6 nitrogen and oxygen atoms in total. The number of pyridine rings is 1. The van der Waals surface area contributed by atoms with Crippen LogP contribution >= 0.6 is 11.3 Å². The molecule has 0 bridgehead atoms. The number of benzene rings is 1. The Morgan fingerprint density at radius 1 is 1.20 bits per heavy atom. The molecule has 0 saturated heterocycles. The standard InChI is InChI=1S/C23H24N4O2S/c1-4-15(3)25-23-24-12-20(30-23)17-11-18(16-9-7-6-8-10-16)21-26-19(14-27(21)13-17)22(28)29-5-2/h6-15H,4-5H2,1-3H3,(H,24,25). The molecule has 4 aromatic rings. The van der Waals surface area contributed by atoms with Crippen molar-refractivity contribution in [1.29, 1.82) is 0 Å². The monoisotopic (exact) mass is 420 g/mol. The van der Waals surface area contributed by atoms with Gasteiger partial charge >= 0.3 is 5.97 Å². The summed E-state index contributed by atoms with van der Waals surface area (Å²) in [5.41, 5.74) is 4.02. The van der Waals surface area contributed by atoms with Crippen LogP contribution in [0.5, 0.6) is 0 Å². The summed E-state index contributed by atoms with van der Waals surface area (Å²) in [6, 6.07) is 12.5. The number of anilines is 1. The van der Waals surface area contributed by atoms with E-state index in [1.165, 1.54) is 0 Å². The lowest BCUT2D eigenvalue weighted by molar-refractivity contribution is 0.0520. The van der Waals surface area contributed by atoms with Gasteiger partial charge in [-0.3, -0.25) is 0 Å². The Morgan fingerprint density at radius 3 is 2.73 bits per heavy atom. The molecule has 154 valence electrons. The van der Waals surface area contributed by atoms with Gasteiger partial charge in [-0.15, -0.1) is 0 Å². The van der Waals surface area contributed by atoms with Gasteiger partial charge in [-0.1, -0.05) is 48.6 Å². The number of hydrogen-bond acceptors (Lipinski definition) is 6.